The summed E-state index contributed by atoms with van der Waals surface area (Å²) < 4.78 is 27.5. The Bertz CT molecular complexity index is 1030. The van der Waals surface area contributed by atoms with Crippen LogP contribution in [0, 0.1) is 13.8 Å². The minimum atomic E-state index is -3.66. The Labute approximate surface area is 133 Å². The SMILES string of the molecule is Cc1ccc(C)c(CNS(=O)(=O)c2ccc3[nH]c(=O)[nH]c3c2)c1. The lowest BCUT2D eigenvalue weighted by Gasteiger charge is -2.10. The number of sulfonamides is 1. The van der Waals surface area contributed by atoms with Gasteiger partial charge in [0.05, 0.1) is 15.9 Å². The Morgan fingerprint density at radius 2 is 1.74 bits per heavy atom. The highest BCUT2D eigenvalue weighted by molar-refractivity contribution is 7.89. The zero-order valence-corrected chi connectivity index (χ0v) is 13.6. The number of H-pyrrole nitrogens is 2. The first kappa shape index (κ1) is 15.5. The number of fused-ring (bicyclic) bond motifs is 1. The van der Waals surface area contributed by atoms with E-state index in [1.54, 1.807) is 6.07 Å². The number of nitrogens with one attached hydrogen (secondary N) is 3. The molecule has 7 heteroatoms. The Morgan fingerprint density at radius 3 is 2.52 bits per heavy atom. The maximum absolute atomic E-state index is 12.4. The second-order valence-corrected chi connectivity index (χ2v) is 7.31. The molecule has 0 aliphatic carbocycles. The highest BCUT2D eigenvalue weighted by atomic mass is 32.2. The van der Waals surface area contributed by atoms with Crippen molar-refractivity contribution < 1.29 is 8.42 Å². The minimum Gasteiger partial charge on any atom is -0.306 e. The van der Waals surface area contributed by atoms with Gasteiger partial charge in [0, 0.05) is 6.54 Å². The smallest absolute Gasteiger partial charge is 0.306 e. The number of rotatable bonds is 4. The Hall–Kier alpha value is -2.38. The predicted octanol–water partition coefficient (Wildman–Crippen LogP) is 1.95. The van der Waals surface area contributed by atoms with Gasteiger partial charge in [0.1, 0.15) is 0 Å². The largest absolute Gasteiger partial charge is 0.323 e. The van der Waals surface area contributed by atoms with Crippen LogP contribution in [0.1, 0.15) is 16.7 Å². The van der Waals surface area contributed by atoms with Crippen molar-refractivity contribution in [2.24, 2.45) is 0 Å². The van der Waals surface area contributed by atoms with E-state index in [1.807, 2.05) is 32.0 Å². The van der Waals surface area contributed by atoms with Crippen molar-refractivity contribution in [1.29, 1.82) is 0 Å². The lowest BCUT2D eigenvalue weighted by atomic mass is 10.1. The van der Waals surface area contributed by atoms with Gasteiger partial charge in [-0.25, -0.2) is 17.9 Å². The van der Waals surface area contributed by atoms with Crippen molar-refractivity contribution in [2.45, 2.75) is 25.3 Å². The van der Waals surface area contributed by atoms with Crippen LogP contribution in [0.2, 0.25) is 0 Å². The second-order valence-electron chi connectivity index (χ2n) is 5.54. The van der Waals surface area contributed by atoms with Crippen molar-refractivity contribution in [3.05, 3.63) is 63.6 Å². The van der Waals surface area contributed by atoms with E-state index in [4.69, 9.17) is 0 Å². The molecule has 0 radical (unpaired) electrons. The molecular weight excluding hydrogens is 314 g/mol. The quantitative estimate of drug-likeness (QED) is 0.682. The van der Waals surface area contributed by atoms with Gasteiger partial charge in [-0.1, -0.05) is 23.8 Å². The highest BCUT2D eigenvalue weighted by Gasteiger charge is 2.15. The number of aromatic nitrogens is 2. The first-order chi connectivity index (χ1) is 10.8. The van der Waals surface area contributed by atoms with Crippen molar-refractivity contribution in [1.82, 2.24) is 14.7 Å². The summed E-state index contributed by atoms with van der Waals surface area (Å²) in [6.07, 6.45) is 0. The Balaban J connectivity index is 1.88. The highest BCUT2D eigenvalue weighted by Crippen LogP contribution is 2.16. The summed E-state index contributed by atoms with van der Waals surface area (Å²) in [4.78, 5) is 16.5. The van der Waals surface area contributed by atoms with Crippen LogP contribution in [0.15, 0.2) is 46.1 Å². The number of imidazole rings is 1. The van der Waals surface area contributed by atoms with Crippen molar-refractivity contribution in [3.8, 4) is 0 Å². The predicted molar refractivity (Wildman–Crippen MR) is 88.9 cm³/mol. The molecule has 3 aromatic rings. The van der Waals surface area contributed by atoms with E-state index in [1.165, 1.54) is 12.1 Å². The third kappa shape index (κ3) is 3.20. The van der Waals surface area contributed by atoms with Crippen molar-refractivity contribution >= 4 is 21.1 Å². The van der Waals surface area contributed by atoms with E-state index in [-0.39, 0.29) is 17.1 Å². The normalized spacial score (nSPS) is 11.9. The van der Waals surface area contributed by atoms with E-state index in [9.17, 15) is 13.2 Å². The molecule has 23 heavy (non-hydrogen) atoms. The molecule has 0 spiro atoms. The summed E-state index contributed by atoms with van der Waals surface area (Å²) in [5, 5.41) is 0. The molecule has 1 aromatic heterocycles. The maximum Gasteiger partial charge on any atom is 0.323 e. The third-order valence-corrected chi connectivity index (χ3v) is 5.15. The van der Waals surface area contributed by atoms with Gasteiger partial charge in [0.2, 0.25) is 10.0 Å². The Kier molecular flexibility index (Phi) is 3.83. The summed E-state index contributed by atoms with van der Waals surface area (Å²) in [6, 6.07) is 10.4. The molecular formula is C16H17N3O3S. The summed E-state index contributed by atoms with van der Waals surface area (Å²) in [5.74, 6) is 0. The molecule has 0 bridgehead atoms. The van der Waals surface area contributed by atoms with Crippen LogP contribution in [0.4, 0.5) is 0 Å². The van der Waals surface area contributed by atoms with Gasteiger partial charge in [-0.05, 0) is 43.2 Å². The van der Waals surface area contributed by atoms with Crippen LogP contribution in [0.5, 0.6) is 0 Å². The molecule has 0 saturated carbocycles. The third-order valence-electron chi connectivity index (χ3n) is 3.76. The lowest BCUT2D eigenvalue weighted by Crippen LogP contribution is -2.23. The number of hydrogen-bond acceptors (Lipinski definition) is 3. The zero-order valence-electron chi connectivity index (χ0n) is 12.8. The zero-order chi connectivity index (χ0) is 16.6. The first-order valence-corrected chi connectivity index (χ1v) is 8.61. The summed E-state index contributed by atoms with van der Waals surface area (Å²) in [7, 11) is -3.66. The first-order valence-electron chi connectivity index (χ1n) is 7.13. The number of aromatic amines is 2. The molecule has 0 aliphatic heterocycles. The standard InChI is InChI=1S/C16H17N3O3S/c1-10-3-4-11(2)12(7-10)9-17-23(21,22)13-5-6-14-15(8-13)19-16(20)18-14/h3-8,17H,9H2,1-2H3,(H2,18,19,20). The van der Waals surface area contributed by atoms with Gasteiger partial charge < -0.3 is 9.97 Å². The van der Waals surface area contributed by atoms with Gasteiger partial charge in [0.15, 0.2) is 0 Å². The lowest BCUT2D eigenvalue weighted by molar-refractivity contribution is 0.581. The molecule has 2 aromatic carbocycles. The monoisotopic (exact) mass is 331 g/mol. The number of aryl methyl sites for hydroxylation is 2. The van der Waals surface area contributed by atoms with Gasteiger partial charge in [-0.3, -0.25) is 0 Å². The fourth-order valence-electron chi connectivity index (χ4n) is 2.43. The van der Waals surface area contributed by atoms with Crippen LogP contribution in [0.3, 0.4) is 0 Å². The fraction of sp³-hybridized carbons (Fsp3) is 0.188. The van der Waals surface area contributed by atoms with Crippen molar-refractivity contribution in [2.75, 3.05) is 0 Å². The molecule has 0 aliphatic rings. The molecule has 3 rings (SSSR count). The Morgan fingerprint density at radius 1 is 1.00 bits per heavy atom. The molecule has 1 heterocycles. The number of hydrogen-bond donors (Lipinski definition) is 3. The minimum absolute atomic E-state index is 0.116. The van der Waals surface area contributed by atoms with E-state index in [0.29, 0.717) is 11.0 Å². The molecule has 0 saturated heterocycles. The van der Waals surface area contributed by atoms with Crippen LogP contribution >= 0.6 is 0 Å². The summed E-state index contributed by atoms with van der Waals surface area (Å²) in [5.41, 5.74) is 3.72. The fourth-order valence-corrected chi connectivity index (χ4v) is 3.46. The molecule has 0 atom stereocenters. The van der Waals surface area contributed by atoms with E-state index < -0.39 is 10.0 Å². The van der Waals surface area contributed by atoms with Crippen LogP contribution < -0.4 is 10.4 Å². The molecule has 0 fully saturated rings. The summed E-state index contributed by atoms with van der Waals surface area (Å²) >= 11 is 0. The van der Waals surface area contributed by atoms with Gasteiger partial charge in [-0.15, -0.1) is 0 Å². The van der Waals surface area contributed by atoms with E-state index in [0.717, 1.165) is 16.7 Å². The van der Waals surface area contributed by atoms with Crippen LogP contribution in [0.25, 0.3) is 11.0 Å². The molecule has 0 unspecified atom stereocenters. The number of benzene rings is 2. The summed E-state index contributed by atoms with van der Waals surface area (Å²) in [6.45, 7) is 4.13. The molecule has 3 N–H and O–H groups in total. The van der Waals surface area contributed by atoms with Crippen LogP contribution in [-0.2, 0) is 16.6 Å². The van der Waals surface area contributed by atoms with Gasteiger partial charge in [-0.2, -0.15) is 0 Å². The van der Waals surface area contributed by atoms with E-state index in [2.05, 4.69) is 14.7 Å². The molecule has 120 valence electrons. The molecule has 0 amide bonds. The second kappa shape index (κ2) is 5.68. The van der Waals surface area contributed by atoms with E-state index >= 15 is 0 Å². The van der Waals surface area contributed by atoms with Gasteiger partial charge in [0.25, 0.3) is 0 Å². The molecule has 6 nitrogen and oxygen atoms in total. The maximum atomic E-state index is 12.4. The van der Waals surface area contributed by atoms with Crippen molar-refractivity contribution in [3.63, 3.8) is 0 Å². The topological polar surface area (TPSA) is 94.8 Å². The van der Waals surface area contributed by atoms with Crippen LogP contribution in [-0.4, -0.2) is 18.4 Å². The van der Waals surface area contributed by atoms with Gasteiger partial charge >= 0.3 is 5.69 Å². The average molecular weight is 331 g/mol. The average Bonchev–Trinajstić information content (AvgIpc) is 2.87.